The van der Waals surface area contributed by atoms with E-state index in [0.717, 1.165) is 12.1 Å². The highest BCUT2D eigenvalue weighted by Crippen LogP contribution is 2.23. The summed E-state index contributed by atoms with van der Waals surface area (Å²) in [7, 11) is -1.87. The molecule has 0 radical (unpaired) electrons. The van der Waals surface area contributed by atoms with Crippen LogP contribution in [0.1, 0.15) is 0 Å². The summed E-state index contributed by atoms with van der Waals surface area (Å²) in [4.78, 5) is 1.68. The normalized spacial score (nSPS) is 19.1. The maximum atomic E-state index is 13.6. The van der Waals surface area contributed by atoms with E-state index in [-0.39, 0.29) is 9.92 Å². The zero-order valence-electron chi connectivity index (χ0n) is 9.94. The Kier molecular flexibility index (Phi) is 3.91. The topological polar surface area (TPSA) is 40.6 Å². The van der Waals surface area contributed by atoms with E-state index < -0.39 is 15.8 Å². The minimum Gasteiger partial charge on any atom is -0.304 e. The van der Waals surface area contributed by atoms with Crippen molar-refractivity contribution in [3.8, 4) is 0 Å². The molecule has 0 atom stereocenters. The summed E-state index contributed by atoms with van der Waals surface area (Å²) in [6, 6.07) is 3.57. The summed E-state index contributed by atoms with van der Waals surface area (Å²) in [5.74, 6) is -0.765. The van der Waals surface area contributed by atoms with Gasteiger partial charge in [-0.2, -0.15) is 4.31 Å². The van der Waals surface area contributed by atoms with E-state index in [1.165, 1.54) is 10.4 Å². The monoisotopic (exact) mass is 292 g/mol. The average molecular weight is 293 g/mol. The van der Waals surface area contributed by atoms with Crippen molar-refractivity contribution in [3.05, 3.63) is 29.0 Å². The molecule has 0 unspecified atom stereocenters. The fraction of sp³-hybridized carbons (Fsp3) is 0.455. The smallest absolute Gasteiger partial charge is 0.246 e. The highest BCUT2D eigenvalue weighted by Gasteiger charge is 2.29. The van der Waals surface area contributed by atoms with Gasteiger partial charge in [0.2, 0.25) is 10.0 Å². The van der Waals surface area contributed by atoms with Gasteiger partial charge >= 0.3 is 0 Å². The molecular weight excluding hydrogens is 279 g/mol. The number of rotatable bonds is 2. The molecule has 1 aromatic carbocycles. The second-order valence-corrected chi connectivity index (χ2v) is 6.62. The van der Waals surface area contributed by atoms with Crippen molar-refractivity contribution in [3.63, 3.8) is 0 Å². The standard InChI is InChI=1S/C11H14ClFN2O2S/c1-14-4-6-15(7-5-14)18(16,17)11-8-9(12)2-3-10(11)13/h2-3,8H,4-7H2,1H3. The molecule has 0 saturated carbocycles. The van der Waals surface area contributed by atoms with Crippen LogP contribution in [-0.4, -0.2) is 50.8 Å². The molecule has 0 spiro atoms. The van der Waals surface area contributed by atoms with Crippen LogP contribution in [0.25, 0.3) is 0 Å². The van der Waals surface area contributed by atoms with Crippen LogP contribution in [0, 0.1) is 5.82 Å². The largest absolute Gasteiger partial charge is 0.304 e. The van der Waals surface area contributed by atoms with Gasteiger partial charge in [-0.1, -0.05) is 11.6 Å². The minimum atomic E-state index is -3.79. The Hall–Kier alpha value is -0.690. The number of sulfonamides is 1. The van der Waals surface area contributed by atoms with Gasteiger partial charge in [-0.15, -0.1) is 0 Å². The van der Waals surface area contributed by atoms with Gasteiger partial charge in [-0.05, 0) is 25.2 Å². The van der Waals surface area contributed by atoms with Crippen molar-refractivity contribution < 1.29 is 12.8 Å². The summed E-state index contributed by atoms with van der Waals surface area (Å²) < 4.78 is 39.5. The molecule has 1 aliphatic rings. The summed E-state index contributed by atoms with van der Waals surface area (Å²) in [5.41, 5.74) is 0. The van der Waals surface area contributed by atoms with Crippen LogP contribution in [0.2, 0.25) is 5.02 Å². The number of hydrogen-bond acceptors (Lipinski definition) is 3. The van der Waals surface area contributed by atoms with E-state index >= 15 is 0 Å². The van der Waals surface area contributed by atoms with Gasteiger partial charge in [0.1, 0.15) is 10.7 Å². The fourth-order valence-electron chi connectivity index (χ4n) is 1.84. The lowest BCUT2D eigenvalue weighted by atomic mass is 10.3. The van der Waals surface area contributed by atoms with Crippen molar-refractivity contribution in [1.82, 2.24) is 9.21 Å². The Labute approximate surface area is 111 Å². The molecule has 2 rings (SSSR count). The van der Waals surface area contributed by atoms with Gasteiger partial charge in [-0.25, -0.2) is 12.8 Å². The molecular formula is C11H14ClFN2O2S. The molecule has 0 aliphatic carbocycles. The summed E-state index contributed by atoms with van der Waals surface area (Å²) in [5, 5.41) is 0.212. The Morgan fingerprint density at radius 2 is 1.83 bits per heavy atom. The second kappa shape index (κ2) is 5.13. The lowest BCUT2D eigenvalue weighted by Gasteiger charge is -2.31. The van der Waals surface area contributed by atoms with Gasteiger partial charge in [0, 0.05) is 31.2 Å². The minimum absolute atomic E-state index is 0.212. The molecule has 0 aromatic heterocycles. The number of halogens is 2. The van der Waals surface area contributed by atoms with Crippen molar-refractivity contribution in [2.45, 2.75) is 4.90 Å². The number of hydrogen-bond donors (Lipinski definition) is 0. The number of benzene rings is 1. The summed E-state index contributed by atoms with van der Waals surface area (Å²) in [6.45, 7) is 2.01. The zero-order valence-corrected chi connectivity index (χ0v) is 11.5. The maximum absolute atomic E-state index is 13.6. The van der Waals surface area contributed by atoms with Crippen molar-refractivity contribution >= 4 is 21.6 Å². The molecule has 100 valence electrons. The predicted molar refractivity (Wildman–Crippen MR) is 67.7 cm³/mol. The fourth-order valence-corrected chi connectivity index (χ4v) is 3.59. The van der Waals surface area contributed by atoms with E-state index in [2.05, 4.69) is 0 Å². The third-order valence-corrected chi connectivity index (χ3v) is 5.12. The van der Waals surface area contributed by atoms with Crippen LogP contribution in [0.3, 0.4) is 0 Å². The van der Waals surface area contributed by atoms with Crippen molar-refractivity contribution in [2.75, 3.05) is 33.2 Å². The van der Waals surface area contributed by atoms with Gasteiger partial charge in [0.25, 0.3) is 0 Å². The van der Waals surface area contributed by atoms with Gasteiger partial charge in [0.15, 0.2) is 0 Å². The Morgan fingerprint density at radius 1 is 1.22 bits per heavy atom. The molecule has 1 fully saturated rings. The van der Waals surface area contributed by atoms with Crippen LogP contribution >= 0.6 is 11.6 Å². The van der Waals surface area contributed by atoms with E-state index in [1.54, 1.807) is 0 Å². The molecule has 1 heterocycles. The number of nitrogens with zero attached hydrogens (tertiary/aromatic N) is 2. The predicted octanol–water partition coefficient (Wildman–Crippen LogP) is 1.42. The third-order valence-electron chi connectivity index (χ3n) is 2.97. The van der Waals surface area contributed by atoms with Crippen LogP contribution in [0.15, 0.2) is 23.1 Å². The first-order chi connectivity index (χ1) is 8.41. The molecule has 4 nitrogen and oxygen atoms in total. The van der Waals surface area contributed by atoms with Gasteiger partial charge in [-0.3, -0.25) is 0 Å². The molecule has 0 N–H and O–H groups in total. The van der Waals surface area contributed by atoms with Gasteiger partial charge in [0.05, 0.1) is 0 Å². The lowest BCUT2D eigenvalue weighted by molar-refractivity contribution is 0.222. The van der Waals surface area contributed by atoms with E-state index in [0.29, 0.717) is 26.2 Å². The Bertz CT molecular complexity index is 542. The molecule has 7 heteroatoms. The summed E-state index contributed by atoms with van der Waals surface area (Å²) >= 11 is 5.73. The Morgan fingerprint density at radius 3 is 2.44 bits per heavy atom. The first-order valence-corrected chi connectivity index (χ1v) is 7.37. The highest BCUT2D eigenvalue weighted by atomic mass is 35.5. The molecule has 1 aliphatic heterocycles. The van der Waals surface area contributed by atoms with E-state index in [9.17, 15) is 12.8 Å². The number of piperazine rings is 1. The van der Waals surface area contributed by atoms with Crippen LogP contribution in [-0.2, 0) is 10.0 Å². The van der Waals surface area contributed by atoms with Crippen LogP contribution in [0.4, 0.5) is 4.39 Å². The van der Waals surface area contributed by atoms with Crippen molar-refractivity contribution in [2.24, 2.45) is 0 Å². The Balaban J connectivity index is 2.33. The van der Waals surface area contributed by atoms with Crippen LogP contribution < -0.4 is 0 Å². The lowest BCUT2D eigenvalue weighted by Crippen LogP contribution is -2.47. The average Bonchev–Trinajstić information content (AvgIpc) is 2.32. The molecule has 0 bridgehead atoms. The number of likely N-dealkylation sites (N-methyl/N-ethyl adjacent to an activating group) is 1. The molecule has 0 amide bonds. The first-order valence-electron chi connectivity index (χ1n) is 5.55. The highest BCUT2D eigenvalue weighted by molar-refractivity contribution is 7.89. The van der Waals surface area contributed by atoms with E-state index in [4.69, 9.17) is 11.6 Å². The first kappa shape index (κ1) is 13.7. The molecule has 1 saturated heterocycles. The van der Waals surface area contributed by atoms with Crippen LogP contribution in [0.5, 0.6) is 0 Å². The van der Waals surface area contributed by atoms with Crippen molar-refractivity contribution in [1.29, 1.82) is 0 Å². The molecule has 18 heavy (non-hydrogen) atoms. The molecule has 1 aromatic rings. The SMILES string of the molecule is CN1CCN(S(=O)(=O)c2cc(Cl)ccc2F)CC1. The third kappa shape index (κ3) is 2.66. The maximum Gasteiger partial charge on any atom is 0.246 e. The quantitative estimate of drug-likeness (QED) is 0.828. The second-order valence-electron chi connectivity index (χ2n) is 4.28. The van der Waals surface area contributed by atoms with Gasteiger partial charge < -0.3 is 4.90 Å². The summed E-state index contributed by atoms with van der Waals surface area (Å²) in [6.07, 6.45) is 0. The van der Waals surface area contributed by atoms with E-state index in [1.807, 2.05) is 11.9 Å². The zero-order chi connectivity index (χ0) is 13.3.